The number of carbonyl (C=O) groups is 1. The molecule has 0 spiro atoms. The van der Waals surface area contributed by atoms with Gasteiger partial charge in [0.2, 0.25) is 0 Å². The molecule has 8 heteroatoms. The number of sulfone groups is 1. The topological polar surface area (TPSA) is 75.7 Å². The molecule has 2 fully saturated rings. The second-order valence-corrected chi connectivity index (χ2v) is 8.10. The molecule has 126 valence electrons. The predicted octanol–water partition coefficient (Wildman–Crippen LogP) is 0.110. The first kappa shape index (κ1) is 16.2. The van der Waals surface area contributed by atoms with Crippen molar-refractivity contribution in [2.75, 3.05) is 31.2 Å². The van der Waals surface area contributed by atoms with E-state index < -0.39 is 9.84 Å². The van der Waals surface area contributed by atoms with Gasteiger partial charge in [0.15, 0.2) is 16.4 Å². The Morgan fingerprint density at radius 2 is 2.22 bits per heavy atom. The first-order valence-corrected chi connectivity index (χ1v) is 9.31. The molecule has 0 aromatic heterocycles. The number of benzene rings is 1. The zero-order chi connectivity index (χ0) is 16.6. The number of nitrogens with one attached hydrogen (secondary N) is 1. The standard InChI is InChI=1S/C15H19FN2O4S/c1-10-11(16)3-2-4-14(10)22-7-15(19)18-6-5-17-12-8-23(20,21)9-13(12)18/h2-4,12-13,17H,5-9H2,1H3/t12-,13+/m0/s1. The molecule has 2 atom stereocenters. The van der Waals surface area contributed by atoms with Gasteiger partial charge in [-0.3, -0.25) is 4.79 Å². The minimum absolute atomic E-state index is 0.0185. The van der Waals surface area contributed by atoms with Gasteiger partial charge in [0, 0.05) is 24.7 Å². The number of rotatable bonds is 3. The van der Waals surface area contributed by atoms with E-state index in [4.69, 9.17) is 4.74 Å². The molecule has 1 N–H and O–H groups in total. The Bertz CT molecular complexity index is 722. The van der Waals surface area contributed by atoms with E-state index in [1.54, 1.807) is 17.9 Å². The Labute approximate surface area is 134 Å². The van der Waals surface area contributed by atoms with Crippen molar-refractivity contribution in [3.05, 3.63) is 29.6 Å². The SMILES string of the molecule is Cc1c(F)cccc1OCC(=O)N1CCN[C@H]2CS(=O)(=O)C[C@H]21. The Hall–Kier alpha value is -1.67. The molecular weight excluding hydrogens is 323 g/mol. The van der Waals surface area contributed by atoms with Crippen LogP contribution in [0.1, 0.15) is 5.56 Å². The number of nitrogens with zero attached hydrogens (tertiary/aromatic N) is 1. The highest BCUT2D eigenvalue weighted by atomic mass is 32.2. The van der Waals surface area contributed by atoms with Crippen molar-refractivity contribution in [2.24, 2.45) is 0 Å². The van der Waals surface area contributed by atoms with E-state index in [0.29, 0.717) is 24.4 Å². The zero-order valence-corrected chi connectivity index (χ0v) is 13.6. The summed E-state index contributed by atoms with van der Waals surface area (Å²) in [6.45, 7) is 2.36. The summed E-state index contributed by atoms with van der Waals surface area (Å²) in [6, 6.07) is 3.89. The van der Waals surface area contributed by atoms with E-state index in [2.05, 4.69) is 5.32 Å². The normalized spacial score (nSPS) is 25.9. The Kier molecular flexibility index (Phi) is 4.29. The van der Waals surface area contributed by atoms with Crippen LogP contribution in [-0.2, 0) is 14.6 Å². The van der Waals surface area contributed by atoms with Crippen LogP contribution < -0.4 is 10.1 Å². The van der Waals surface area contributed by atoms with E-state index in [1.165, 1.54) is 12.1 Å². The van der Waals surface area contributed by atoms with E-state index in [1.807, 2.05) is 0 Å². The lowest BCUT2D eigenvalue weighted by atomic mass is 10.1. The van der Waals surface area contributed by atoms with Crippen molar-refractivity contribution in [3.8, 4) is 5.75 Å². The molecule has 2 saturated heterocycles. The lowest BCUT2D eigenvalue weighted by Crippen LogP contribution is -2.59. The zero-order valence-electron chi connectivity index (χ0n) is 12.8. The average Bonchev–Trinajstić information content (AvgIpc) is 2.82. The highest BCUT2D eigenvalue weighted by Gasteiger charge is 2.44. The Balaban J connectivity index is 1.67. The van der Waals surface area contributed by atoms with Crippen LogP contribution in [0.3, 0.4) is 0 Å². The molecule has 2 aliphatic rings. The number of hydrogen-bond donors (Lipinski definition) is 1. The summed E-state index contributed by atoms with van der Waals surface area (Å²) in [7, 11) is -3.12. The number of halogens is 1. The van der Waals surface area contributed by atoms with E-state index in [0.717, 1.165) is 0 Å². The Morgan fingerprint density at radius 3 is 3.00 bits per heavy atom. The summed E-state index contributed by atoms with van der Waals surface area (Å²) < 4.78 is 42.5. The van der Waals surface area contributed by atoms with Crippen molar-refractivity contribution in [1.29, 1.82) is 0 Å². The van der Waals surface area contributed by atoms with Crippen molar-refractivity contribution in [2.45, 2.75) is 19.0 Å². The van der Waals surface area contributed by atoms with Gasteiger partial charge in [0.1, 0.15) is 11.6 Å². The summed E-state index contributed by atoms with van der Waals surface area (Å²) in [4.78, 5) is 14.0. The number of ether oxygens (including phenoxy) is 1. The van der Waals surface area contributed by atoms with Gasteiger partial charge in [-0.05, 0) is 19.1 Å². The molecule has 0 bridgehead atoms. The molecule has 2 aliphatic heterocycles. The number of piperazine rings is 1. The Morgan fingerprint density at radius 1 is 1.43 bits per heavy atom. The van der Waals surface area contributed by atoms with Crippen LogP contribution in [-0.4, -0.2) is 62.5 Å². The second-order valence-electron chi connectivity index (χ2n) is 5.94. The summed E-state index contributed by atoms with van der Waals surface area (Å²) in [6.07, 6.45) is 0. The van der Waals surface area contributed by atoms with Crippen LogP contribution in [0, 0.1) is 12.7 Å². The second kappa shape index (κ2) is 6.09. The molecule has 2 heterocycles. The van der Waals surface area contributed by atoms with Crippen LogP contribution >= 0.6 is 0 Å². The predicted molar refractivity (Wildman–Crippen MR) is 82.6 cm³/mol. The highest BCUT2D eigenvalue weighted by molar-refractivity contribution is 7.91. The maximum absolute atomic E-state index is 13.5. The van der Waals surface area contributed by atoms with Crippen molar-refractivity contribution < 1.29 is 22.3 Å². The van der Waals surface area contributed by atoms with Gasteiger partial charge in [0.05, 0.1) is 17.5 Å². The van der Waals surface area contributed by atoms with Crippen molar-refractivity contribution in [1.82, 2.24) is 10.2 Å². The van der Waals surface area contributed by atoms with Gasteiger partial charge in [-0.1, -0.05) is 6.07 Å². The molecule has 6 nitrogen and oxygen atoms in total. The van der Waals surface area contributed by atoms with E-state index in [9.17, 15) is 17.6 Å². The van der Waals surface area contributed by atoms with Gasteiger partial charge in [-0.15, -0.1) is 0 Å². The van der Waals surface area contributed by atoms with Crippen LogP contribution in [0.2, 0.25) is 0 Å². The smallest absolute Gasteiger partial charge is 0.260 e. The molecule has 3 rings (SSSR count). The largest absolute Gasteiger partial charge is 0.483 e. The number of carbonyl (C=O) groups excluding carboxylic acids is 1. The first-order chi connectivity index (χ1) is 10.9. The van der Waals surface area contributed by atoms with Gasteiger partial charge in [0.25, 0.3) is 5.91 Å². The first-order valence-electron chi connectivity index (χ1n) is 7.48. The molecule has 0 aliphatic carbocycles. The molecule has 1 amide bonds. The average molecular weight is 342 g/mol. The number of amides is 1. The summed E-state index contributed by atoms with van der Waals surface area (Å²) in [5.74, 6) is -0.300. The lowest BCUT2D eigenvalue weighted by Gasteiger charge is -2.37. The summed E-state index contributed by atoms with van der Waals surface area (Å²) >= 11 is 0. The third-order valence-electron chi connectivity index (χ3n) is 4.37. The monoisotopic (exact) mass is 342 g/mol. The van der Waals surface area contributed by atoms with E-state index >= 15 is 0 Å². The van der Waals surface area contributed by atoms with E-state index in [-0.39, 0.29) is 41.9 Å². The molecule has 1 aromatic rings. The van der Waals surface area contributed by atoms with Gasteiger partial charge >= 0.3 is 0 Å². The summed E-state index contributed by atoms with van der Waals surface area (Å²) in [5, 5.41) is 3.15. The fourth-order valence-corrected chi connectivity index (χ4v) is 5.10. The third kappa shape index (κ3) is 3.32. The van der Waals surface area contributed by atoms with Gasteiger partial charge in [-0.25, -0.2) is 12.8 Å². The van der Waals surface area contributed by atoms with Crippen molar-refractivity contribution in [3.63, 3.8) is 0 Å². The molecule has 0 unspecified atom stereocenters. The van der Waals surface area contributed by atoms with Gasteiger partial charge in [-0.2, -0.15) is 0 Å². The lowest BCUT2D eigenvalue weighted by molar-refractivity contribution is -0.136. The molecule has 23 heavy (non-hydrogen) atoms. The van der Waals surface area contributed by atoms with Crippen molar-refractivity contribution >= 4 is 15.7 Å². The minimum Gasteiger partial charge on any atom is -0.483 e. The van der Waals surface area contributed by atoms with Gasteiger partial charge < -0.3 is 15.0 Å². The molecule has 1 aromatic carbocycles. The van der Waals surface area contributed by atoms with Crippen LogP contribution in [0.5, 0.6) is 5.75 Å². The maximum Gasteiger partial charge on any atom is 0.260 e. The fourth-order valence-electron chi connectivity index (χ4n) is 3.14. The maximum atomic E-state index is 13.5. The minimum atomic E-state index is -3.12. The number of hydrogen-bond acceptors (Lipinski definition) is 5. The van der Waals surface area contributed by atoms with Crippen LogP contribution in [0.4, 0.5) is 4.39 Å². The molecular formula is C15H19FN2O4S. The summed E-state index contributed by atoms with van der Waals surface area (Å²) in [5.41, 5.74) is 0.349. The fraction of sp³-hybridized carbons (Fsp3) is 0.533. The number of fused-ring (bicyclic) bond motifs is 1. The molecule has 0 saturated carbocycles. The van der Waals surface area contributed by atoms with Crippen LogP contribution in [0.25, 0.3) is 0 Å². The quantitative estimate of drug-likeness (QED) is 0.844. The highest BCUT2D eigenvalue weighted by Crippen LogP contribution is 2.23. The van der Waals surface area contributed by atoms with Crippen LogP contribution in [0.15, 0.2) is 18.2 Å². The molecule has 0 radical (unpaired) electrons. The third-order valence-corrected chi connectivity index (χ3v) is 6.09.